The van der Waals surface area contributed by atoms with Crippen LogP contribution in [-0.4, -0.2) is 29.3 Å². The highest BCUT2D eigenvalue weighted by molar-refractivity contribution is 6.31. The van der Waals surface area contributed by atoms with Crippen LogP contribution < -0.4 is 4.90 Å². The van der Waals surface area contributed by atoms with Crippen LogP contribution in [0.5, 0.6) is 0 Å². The van der Waals surface area contributed by atoms with Crippen molar-refractivity contribution in [2.75, 3.05) is 11.4 Å². The van der Waals surface area contributed by atoms with Crippen molar-refractivity contribution in [2.45, 2.75) is 13.3 Å². The molecule has 0 unspecified atom stereocenters. The van der Waals surface area contributed by atoms with Gasteiger partial charge in [-0.15, -0.1) is 0 Å². The van der Waals surface area contributed by atoms with Crippen LogP contribution in [0.25, 0.3) is 0 Å². The van der Waals surface area contributed by atoms with Gasteiger partial charge in [-0.1, -0.05) is 17.7 Å². The lowest BCUT2D eigenvalue weighted by molar-refractivity contribution is -0.128. The Labute approximate surface area is 109 Å². The van der Waals surface area contributed by atoms with Gasteiger partial charge >= 0.3 is 6.03 Å². The molecular formula is C12H11ClN2O3. The van der Waals surface area contributed by atoms with Gasteiger partial charge in [0.2, 0.25) is 11.8 Å². The minimum atomic E-state index is -0.624. The van der Waals surface area contributed by atoms with E-state index in [1.807, 2.05) is 0 Å². The number of imide groups is 2. The summed E-state index contributed by atoms with van der Waals surface area (Å²) in [4.78, 5) is 37.2. The Morgan fingerprint density at radius 3 is 2.67 bits per heavy atom. The van der Waals surface area contributed by atoms with Gasteiger partial charge in [0.25, 0.3) is 0 Å². The summed E-state index contributed by atoms with van der Waals surface area (Å²) in [7, 11) is 0. The molecule has 1 aromatic carbocycles. The predicted molar refractivity (Wildman–Crippen MR) is 66.3 cm³/mol. The minimum absolute atomic E-state index is 0.123. The molecule has 0 aliphatic carbocycles. The highest BCUT2D eigenvalue weighted by Gasteiger charge is 2.35. The summed E-state index contributed by atoms with van der Waals surface area (Å²) in [6.45, 7) is 1.42. The van der Waals surface area contributed by atoms with Crippen molar-refractivity contribution in [1.82, 2.24) is 4.90 Å². The topological polar surface area (TPSA) is 57.7 Å². The smallest absolute Gasteiger partial charge is 0.275 e. The molecule has 94 valence electrons. The standard InChI is InChI=1S/C12H11ClN2O3/c1-8(16)14-6-5-11(17)15(12(14)18)10-4-2-3-9(13)7-10/h2-4,7H,5-6H2,1H3. The number of urea groups is 1. The number of carbonyl (C=O) groups is 3. The van der Waals surface area contributed by atoms with E-state index < -0.39 is 6.03 Å². The van der Waals surface area contributed by atoms with Gasteiger partial charge in [-0.2, -0.15) is 0 Å². The van der Waals surface area contributed by atoms with E-state index in [0.717, 1.165) is 9.80 Å². The Morgan fingerprint density at radius 1 is 1.33 bits per heavy atom. The molecule has 0 N–H and O–H groups in total. The van der Waals surface area contributed by atoms with Crippen molar-refractivity contribution >= 4 is 35.1 Å². The lowest BCUT2D eigenvalue weighted by atomic mass is 10.2. The van der Waals surface area contributed by atoms with Crippen LogP contribution in [0, 0.1) is 0 Å². The van der Waals surface area contributed by atoms with Gasteiger partial charge < -0.3 is 0 Å². The fourth-order valence-electron chi connectivity index (χ4n) is 1.80. The van der Waals surface area contributed by atoms with Crippen molar-refractivity contribution in [3.8, 4) is 0 Å². The average molecular weight is 267 g/mol. The summed E-state index contributed by atoms with van der Waals surface area (Å²) in [6.07, 6.45) is 0.123. The predicted octanol–water partition coefficient (Wildman–Crippen LogP) is 2.05. The molecule has 1 aromatic rings. The molecule has 0 atom stereocenters. The van der Waals surface area contributed by atoms with Gasteiger partial charge in [0.05, 0.1) is 5.69 Å². The van der Waals surface area contributed by atoms with E-state index in [-0.39, 0.29) is 24.8 Å². The maximum Gasteiger partial charge on any atom is 0.338 e. The molecule has 1 heterocycles. The zero-order valence-corrected chi connectivity index (χ0v) is 10.5. The summed E-state index contributed by atoms with van der Waals surface area (Å²) in [6, 6.07) is 5.78. The molecule has 4 amide bonds. The van der Waals surface area contributed by atoms with E-state index in [1.165, 1.54) is 13.0 Å². The van der Waals surface area contributed by atoms with Crippen molar-refractivity contribution in [3.05, 3.63) is 29.3 Å². The number of carbonyl (C=O) groups excluding carboxylic acids is 3. The fraction of sp³-hybridized carbons (Fsp3) is 0.250. The molecule has 2 rings (SSSR count). The number of nitrogens with zero attached hydrogens (tertiary/aromatic N) is 2. The van der Waals surface area contributed by atoms with Crippen molar-refractivity contribution in [2.24, 2.45) is 0 Å². The third-order valence-electron chi connectivity index (χ3n) is 2.67. The van der Waals surface area contributed by atoms with Crippen molar-refractivity contribution < 1.29 is 14.4 Å². The van der Waals surface area contributed by atoms with Crippen LogP contribution in [0.2, 0.25) is 5.02 Å². The van der Waals surface area contributed by atoms with Crippen LogP contribution in [0.1, 0.15) is 13.3 Å². The molecule has 5 nitrogen and oxygen atoms in total. The monoisotopic (exact) mass is 266 g/mol. The lowest BCUT2D eigenvalue weighted by Crippen LogP contribution is -2.54. The Morgan fingerprint density at radius 2 is 2.06 bits per heavy atom. The zero-order chi connectivity index (χ0) is 13.3. The van der Waals surface area contributed by atoms with E-state index in [4.69, 9.17) is 11.6 Å². The maximum atomic E-state index is 12.1. The van der Waals surface area contributed by atoms with Gasteiger partial charge in [-0.25, -0.2) is 9.69 Å². The second-order valence-electron chi connectivity index (χ2n) is 3.91. The number of halogens is 1. The van der Waals surface area contributed by atoms with Crippen molar-refractivity contribution in [3.63, 3.8) is 0 Å². The number of benzene rings is 1. The second kappa shape index (κ2) is 4.78. The molecule has 6 heteroatoms. The first kappa shape index (κ1) is 12.6. The second-order valence-corrected chi connectivity index (χ2v) is 4.35. The number of hydrogen-bond donors (Lipinski definition) is 0. The highest BCUT2D eigenvalue weighted by atomic mass is 35.5. The lowest BCUT2D eigenvalue weighted by Gasteiger charge is -2.32. The normalized spacial score (nSPS) is 16.1. The molecule has 0 aromatic heterocycles. The molecule has 0 radical (unpaired) electrons. The van der Waals surface area contributed by atoms with E-state index in [1.54, 1.807) is 18.2 Å². The fourth-order valence-corrected chi connectivity index (χ4v) is 1.99. The Kier molecular flexibility index (Phi) is 3.34. The summed E-state index contributed by atoms with van der Waals surface area (Å²) < 4.78 is 0. The molecule has 1 aliphatic heterocycles. The Balaban J connectivity index is 2.38. The quantitative estimate of drug-likeness (QED) is 0.782. The van der Waals surface area contributed by atoms with Crippen LogP contribution >= 0.6 is 11.6 Å². The van der Waals surface area contributed by atoms with E-state index in [0.29, 0.717) is 10.7 Å². The van der Waals surface area contributed by atoms with E-state index in [9.17, 15) is 14.4 Å². The number of hydrogen-bond acceptors (Lipinski definition) is 3. The number of anilines is 1. The third-order valence-corrected chi connectivity index (χ3v) is 2.90. The summed E-state index contributed by atoms with van der Waals surface area (Å²) in [5, 5.41) is 0.424. The van der Waals surface area contributed by atoms with Crippen LogP contribution in [0.3, 0.4) is 0 Å². The number of rotatable bonds is 1. The van der Waals surface area contributed by atoms with Crippen LogP contribution in [-0.2, 0) is 9.59 Å². The van der Waals surface area contributed by atoms with Crippen molar-refractivity contribution in [1.29, 1.82) is 0 Å². The summed E-state index contributed by atoms with van der Waals surface area (Å²) in [5.74, 6) is -0.709. The van der Waals surface area contributed by atoms with E-state index in [2.05, 4.69) is 0 Å². The Hall–Kier alpha value is -1.88. The molecule has 18 heavy (non-hydrogen) atoms. The third kappa shape index (κ3) is 2.22. The molecule has 1 fully saturated rings. The first-order chi connectivity index (χ1) is 8.50. The van der Waals surface area contributed by atoms with Gasteiger partial charge in [-0.3, -0.25) is 14.5 Å². The first-order valence-electron chi connectivity index (χ1n) is 5.41. The first-order valence-corrected chi connectivity index (χ1v) is 5.79. The van der Waals surface area contributed by atoms with Crippen LogP contribution in [0.15, 0.2) is 24.3 Å². The van der Waals surface area contributed by atoms with Gasteiger partial charge in [0.1, 0.15) is 0 Å². The van der Waals surface area contributed by atoms with E-state index >= 15 is 0 Å². The largest absolute Gasteiger partial charge is 0.338 e. The Bertz CT molecular complexity index is 530. The summed E-state index contributed by atoms with van der Waals surface area (Å²) in [5.41, 5.74) is 0.378. The van der Waals surface area contributed by atoms with Gasteiger partial charge in [0, 0.05) is 24.9 Å². The molecule has 0 spiro atoms. The van der Waals surface area contributed by atoms with Gasteiger partial charge in [0.15, 0.2) is 0 Å². The minimum Gasteiger partial charge on any atom is -0.275 e. The molecule has 1 aliphatic rings. The summed E-state index contributed by atoms with van der Waals surface area (Å²) >= 11 is 5.83. The molecular weight excluding hydrogens is 256 g/mol. The van der Waals surface area contributed by atoms with Gasteiger partial charge in [-0.05, 0) is 18.2 Å². The molecule has 0 saturated carbocycles. The maximum absolute atomic E-state index is 12.1. The highest BCUT2D eigenvalue weighted by Crippen LogP contribution is 2.24. The zero-order valence-electron chi connectivity index (χ0n) is 9.72. The van der Waals surface area contributed by atoms with Crippen LogP contribution in [0.4, 0.5) is 10.5 Å². The number of amides is 4. The molecule has 0 bridgehead atoms. The average Bonchev–Trinajstić information content (AvgIpc) is 2.28. The molecule has 1 saturated heterocycles. The SMILES string of the molecule is CC(=O)N1CCC(=O)N(c2cccc(Cl)c2)C1=O.